The zero-order valence-corrected chi connectivity index (χ0v) is 9.05. The molecule has 1 heterocycles. The predicted octanol–water partition coefficient (Wildman–Crippen LogP) is 2.81. The van der Waals surface area contributed by atoms with E-state index in [1.54, 1.807) is 13.2 Å². The molecule has 0 aliphatic rings. The molecule has 2 rings (SSSR count). The van der Waals surface area contributed by atoms with E-state index in [1.165, 1.54) is 0 Å². The van der Waals surface area contributed by atoms with Crippen LogP contribution in [0.5, 0.6) is 5.75 Å². The molecule has 0 saturated carbocycles. The van der Waals surface area contributed by atoms with Gasteiger partial charge >= 0.3 is 0 Å². The summed E-state index contributed by atoms with van der Waals surface area (Å²) < 4.78 is 6.05. The van der Waals surface area contributed by atoms with Crippen molar-refractivity contribution in [3.63, 3.8) is 0 Å². The molecule has 4 heteroatoms. The smallest absolute Gasteiger partial charge is 0.138 e. The lowest BCUT2D eigenvalue weighted by atomic mass is 10.1. The number of fused-ring (bicyclic) bond motifs is 1. The Morgan fingerprint density at radius 1 is 1.50 bits per heavy atom. The lowest BCUT2D eigenvalue weighted by Gasteiger charge is -2.02. The molecule has 0 unspecified atom stereocenters. The van der Waals surface area contributed by atoms with Gasteiger partial charge in [-0.05, 0) is 28.1 Å². The molecular formula is C10H7BrN2O. The number of nitriles is 1. The zero-order chi connectivity index (χ0) is 10.1. The molecule has 1 aromatic carbocycles. The molecule has 0 amide bonds. The quantitative estimate of drug-likeness (QED) is 0.847. The van der Waals surface area contributed by atoms with Crippen molar-refractivity contribution >= 4 is 26.8 Å². The predicted molar refractivity (Wildman–Crippen MR) is 57.3 cm³/mol. The number of benzene rings is 1. The van der Waals surface area contributed by atoms with E-state index in [2.05, 4.69) is 27.0 Å². The molecule has 0 atom stereocenters. The van der Waals surface area contributed by atoms with Gasteiger partial charge in [0.2, 0.25) is 0 Å². The van der Waals surface area contributed by atoms with E-state index < -0.39 is 0 Å². The van der Waals surface area contributed by atoms with Crippen molar-refractivity contribution in [1.29, 1.82) is 5.26 Å². The van der Waals surface area contributed by atoms with Gasteiger partial charge in [0, 0.05) is 16.1 Å². The van der Waals surface area contributed by atoms with Crippen LogP contribution in [0, 0.1) is 11.3 Å². The number of aromatic nitrogens is 1. The molecule has 0 bridgehead atoms. The summed E-state index contributed by atoms with van der Waals surface area (Å²) in [6.45, 7) is 0. The van der Waals surface area contributed by atoms with Crippen molar-refractivity contribution in [2.24, 2.45) is 0 Å². The molecule has 0 fully saturated rings. The third kappa shape index (κ3) is 1.17. The fraction of sp³-hybridized carbons (Fsp3) is 0.100. The second-order valence-electron chi connectivity index (χ2n) is 2.81. The number of ether oxygens (including phenoxy) is 1. The fourth-order valence-electron chi connectivity index (χ4n) is 1.43. The van der Waals surface area contributed by atoms with Gasteiger partial charge in [0.1, 0.15) is 17.4 Å². The molecule has 0 radical (unpaired) electrons. The maximum Gasteiger partial charge on any atom is 0.138 e. The summed E-state index contributed by atoms with van der Waals surface area (Å²) in [6.07, 6.45) is 1.81. The summed E-state index contributed by atoms with van der Waals surface area (Å²) >= 11 is 3.40. The first-order chi connectivity index (χ1) is 6.77. The van der Waals surface area contributed by atoms with E-state index in [0.29, 0.717) is 11.3 Å². The standard InChI is InChI=1S/C10H7BrN2O/c1-14-9-3-2-6-8(11)5-13-10(6)7(9)4-12/h2-3,5,13H,1H3. The van der Waals surface area contributed by atoms with Crippen LogP contribution < -0.4 is 4.74 Å². The van der Waals surface area contributed by atoms with Crippen molar-refractivity contribution < 1.29 is 4.74 Å². The number of nitrogens with zero attached hydrogens (tertiary/aromatic N) is 1. The van der Waals surface area contributed by atoms with Crippen LogP contribution in [0.15, 0.2) is 22.8 Å². The highest BCUT2D eigenvalue weighted by Gasteiger charge is 2.10. The van der Waals surface area contributed by atoms with Crippen LogP contribution in [0.25, 0.3) is 10.9 Å². The Bertz CT molecular complexity index is 525. The third-order valence-electron chi connectivity index (χ3n) is 2.10. The van der Waals surface area contributed by atoms with Crippen molar-refractivity contribution in [2.75, 3.05) is 7.11 Å². The van der Waals surface area contributed by atoms with Crippen LogP contribution >= 0.6 is 15.9 Å². The van der Waals surface area contributed by atoms with E-state index in [4.69, 9.17) is 10.00 Å². The second-order valence-corrected chi connectivity index (χ2v) is 3.67. The summed E-state index contributed by atoms with van der Waals surface area (Å²) in [6, 6.07) is 5.83. The Morgan fingerprint density at radius 3 is 2.93 bits per heavy atom. The first-order valence-electron chi connectivity index (χ1n) is 4.01. The maximum atomic E-state index is 8.99. The van der Waals surface area contributed by atoms with Crippen LogP contribution in [0.2, 0.25) is 0 Å². The first kappa shape index (κ1) is 9.10. The molecular weight excluding hydrogens is 244 g/mol. The number of halogens is 1. The molecule has 2 aromatic rings. The van der Waals surface area contributed by atoms with Gasteiger partial charge < -0.3 is 9.72 Å². The van der Waals surface area contributed by atoms with Gasteiger partial charge in [0.05, 0.1) is 12.6 Å². The molecule has 0 saturated heterocycles. The number of nitrogens with one attached hydrogen (secondary N) is 1. The van der Waals surface area contributed by atoms with Crippen LogP contribution in [-0.2, 0) is 0 Å². The van der Waals surface area contributed by atoms with Gasteiger partial charge in [-0.1, -0.05) is 0 Å². The summed E-state index contributed by atoms with van der Waals surface area (Å²) in [5.41, 5.74) is 1.34. The molecule has 0 aliphatic heterocycles. The zero-order valence-electron chi connectivity index (χ0n) is 7.47. The Morgan fingerprint density at radius 2 is 2.29 bits per heavy atom. The Hall–Kier alpha value is -1.47. The van der Waals surface area contributed by atoms with E-state index in [1.807, 2.05) is 12.3 Å². The monoisotopic (exact) mass is 250 g/mol. The summed E-state index contributed by atoms with van der Waals surface area (Å²) in [7, 11) is 1.56. The number of H-pyrrole nitrogens is 1. The summed E-state index contributed by atoms with van der Waals surface area (Å²) in [5.74, 6) is 0.592. The van der Waals surface area contributed by atoms with E-state index in [0.717, 1.165) is 15.4 Å². The molecule has 70 valence electrons. The molecule has 0 spiro atoms. The lowest BCUT2D eigenvalue weighted by Crippen LogP contribution is -1.88. The highest BCUT2D eigenvalue weighted by atomic mass is 79.9. The molecule has 3 nitrogen and oxygen atoms in total. The normalized spacial score (nSPS) is 10.1. The van der Waals surface area contributed by atoms with Gasteiger partial charge in [-0.3, -0.25) is 0 Å². The van der Waals surface area contributed by atoms with Crippen LogP contribution in [0.3, 0.4) is 0 Å². The van der Waals surface area contributed by atoms with E-state index >= 15 is 0 Å². The van der Waals surface area contributed by atoms with E-state index in [9.17, 15) is 0 Å². The van der Waals surface area contributed by atoms with Gasteiger partial charge in [-0.15, -0.1) is 0 Å². The highest BCUT2D eigenvalue weighted by molar-refractivity contribution is 9.10. The molecule has 1 N–H and O–H groups in total. The number of aromatic amines is 1. The second kappa shape index (κ2) is 3.35. The molecule has 14 heavy (non-hydrogen) atoms. The average Bonchev–Trinajstić information content (AvgIpc) is 2.59. The van der Waals surface area contributed by atoms with Crippen molar-refractivity contribution in [1.82, 2.24) is 4.98 Å². The minimum Gasteiger partial charge on any atom is -0.495 e. The SMILES string of the molecule is COc1ccc2c(Br)c[nH]c2c1C#N. The van der Waals surface area contributed by atoms with Crippen molar-refractivity contribution in [3.05, 3.63) is 28.4 Å². The summed E-state index contributed by atoms with van der Waals surface area (Å²) in [5, 5.41) is 9.98. The van der Waals surface area contributed by atoms with Gasteiger partial charge in [0.15, 0.2) is 0 Å². The first-order valence-corrected chi connectivity index (χ1v) is 4.81. The van der Waals surface area contributed by atoms with Gasteiger partial charge in [-0.2, -0.15) is 5.26 Å². The van der Waals surface area contributed by atoms with Crippen LogP contribution in [-0.4, -0.2) is 12.1 Å². The minimum atomic E-state index is 0.538. The van der Waals surface area contributed by atoms with Crippen LogP contribution in [0.4, 0.5) is 0 Å². The molecule has 1 aromatic heterocycles. The Balaban J connectivity index is 2.86. The molecule has 0 aliphatic carbocycles. The van der Waals surface area contributed by atoms with Gasteiger partial charge in [0.25, 0.3) is 0 Å². The number of methoxy groups -OCH3 is 1. The lowest BCUT2D eigenvalue weighted by molar-refractivity contribution is 0.414. The van der Waals surface area contributed by atoms with Gasteiger partial charge in [-0.25, -0.2) is 0 Å². The number of rotatable bonds is 1. The highest BCUT2D eigenvalue weighted by Crippen LogP contribution is 2.30. The van der Waals surface area contributed by atoms with Crippen LogP contribution in [0.1, 0.15) is 5.56 Å². The summed E-state index contributed by atoms with van der Waals surface area (Å²) in [4.78, 5) is 3.03. The van der Waals surface area contributed by atoms with E-state index in [-0.39, 0.29) is 0 Å². The number of hydrogen-bond donors (Lipinski definition) is 1. The third-order valence-corrected chi connectivity index (χ3v) is 2.76. The maximum absolute atomic E-state index is 8.99. The van der Waals surface area contributed by atoms with Crippen molar-refractivity contribution in [2.45, 2.75) is 0 Å². The Labute approximate surface area is 89.4 Å². The largest absolute Gasteiger partial charge is 0.495 e. The average molecular weight is 251 g/mol. The number of hydrogen-bond acceptors (Lipinski definition) is 2. The fourth-order valence-corrected chi connectivity index (χ4v) is 1.87. The van der Waals surface area contributed by atoms with Crippen molar-refractivity contribution in [3.8, 4) is 11.8 Å². The minimum absolute atomic E-state index is 0.538. The Kier molecular flexibility index (Phi) is 2.18. The topological polar surface area (TPSA) is 48.8 Å².